The Bertz CT molecular complexity index is 751. The molecule has 3 nitrogen and oxygen atoms in total. The van der Waals surface area contributed by atoms with E-state index >= 15 is 0 Å². The Morgan fingerprint density at radius 3 is 2.85 bits per heavy atom. The Morgan fingerprint density at radius 1 is 1.27 bits per heavy atom. The fourth-order valence-electron chi connectivity index (χ4n) is 5.65. The van der Waals surface area contributed by atoms with Crippen molar-refractivity contribution in [2.45, 2.75) is 45.4 Å². The Morgan fingerprint density at radius 2 is 2.08 bits per heavy atom. The molecule has 26 heavy (non-hydrogen) atoms. The van der Waals surface area contributed by atoms with Crippen molar-refractivity contribution < 1.29 is 9.53 Å². The zero-order valence-corrected chi connectivity index (χ0v) is 16.5. The van der Waals surface area contributed by atoms with Crippen LogP contribution in [0.2, 0.25) is 0 Å². The van der Waals surface area contributed by atoms with Crippen molar-refractivity contribution in [2.75, 3.05) is 27.2 Å². The van der Waals surface area contributed by atoms with E-state index in [1.54, 1.807) is 0 Å². The lowest BCUT2D eigenvalue weighted by Gasteiger charge is -2.46. The lowest BCUT2D eigenvalue weighted by Crippen LogP contribution is -2.41. The second-order valence-corrected chi connectivity index (χ2v) is 8.96. The molecule has 0 heterocycles. The lowest BCUT2D eigenvalue weighted by molar-refractivity contribution is -0.128. The van der Waals surface area contributed by atoms with E-state index in [4.69, 9.17) is 4.74 Å². The zero-order chi connectivity index (χ0) is 18.5. The highest BCUT2D eigenvalue weighted by Crippen LogP contribution is 2.59. The first kappa shape index (κ1) is 17.8. The van der Waals surface area contributed by atoms with Crippen molar-refractivity contribution in [3.63, 3.8) is 0 Å². The predicted octanol–water partition coefficient (Wildman–Crippen LogP) is 4.44. The average Bonchev–Trinajstić information content (AvgIpc) is 2.89. The molecule has 1 aromatic carbocycles. The largest absolute Gasteiger partial charge is 0.492 e. The molecule has 1 aromatic rings. The number of allylic oxidation sites excluding steroid dienone is 1. The van der Waals surface area contributed by atoms with E-state index in [1.165, 1.54) is 16.7 Å². The van der Waals surface area contributed by atoms with Gasteiger partial charge in [0.2, 0.25) is 0 Å². The van der Waals surface area contributed by atoms with Gasteiger partial charge in [-0.3, -0.25) is 4.79 Å². The molecule has 0 N–H and O–H groups in total. The third-order valence-corrected chi connectivity index (χ3v) is 7.11. The number of ketones is 1. The molecule has 4 unspecified atom stereocenters. The van der Waals surface area contributed by atoms with Gasteiger partial charge in [-0.1, -0.05) is 19.1 Å². The molecule has 0 spiro atoms. The normalized spacial score (nSPS) is 32.3. The van der Waals surface area contributed by atoms with E-state index in [0.717, 1.165) is 38.0 Å². The van der Waals surface area contributed by atoms with Crippen LogP contribution in [0.25, 0.3) is 6.08 Å². The van der Waals surface area contributed by atoms with Gasteiger partial charge in [0.1, 0.15) is 18.1 Å². The highest BCUT2D eigenvalue weighted by atomic mass is 16.5. The molecule has 0 saturated heterocycles. The van der Waals surface area contributed by atoms with Crippen LogP contribution in [0.3, 0.4) is 0 Å². The number of carbonyl (C=O) groups is 1. The first-order valence-corrected chi connectivity index (χ1v) is 10.0. The molecule has 3 heteroatoms. The van der Waals surface area contributed by atoms with Crippen molar-refractivity contribution in [3.8, 4) is 5.75 Å². The molecule has 140 valence electrons. The van der Waals surface area contributed by atoms with Crippen molar-refractivity contribution in [2.24, 2.45) is 17.3 Å². The summed E-state index contributed by atoms with van der Waals surface area (Å²) in [6.07, 6.45) is 8.71. The van der Waals surface area contributed by atoms with Gasteiger partial charge in [0, 0.05) is 18.4 Å². The van der Waals surface area contributed by atoms with Crippen LogP contribution < -0.4 is 4.74 Å². The summed E-state index contributed by atoms with van der Waals surface area (Å²) < 4.78 is 5.98. The van der Waals surface area contributed by atoms with Crippen LogP contribution in [0.5, 0.6) is 5.75 Å². The zero-order valence-electron chi connectivity index (χ0n) is 16.5. The second-order valence-electron chi connectivity index (χ2n) is 8.96. The van der Waals surface area contributed by atoms with Gasteiger partial charge in [-0.05, 0) is 86.9 Å². The number of hydrogen-bond donors (Lipinski definition) is 0. The molecule has 4 rings (SSSR count). The lowest BCUT2D eigenvalue weighted by atomic mass is 9.57. The fourth-order valence-corrected chi connectivity index (χ4v) is 5.65. The standard InChI is InChI=1S/C23H31NO2/c1-15-13-17(26-12-11-24(3)4)14-16-5-6-18-19(22(15)16)9-10-23(2)20(18)7-8-21(23)25/h5-6,13-14,18-20H,7-12H2,1-4H3. The maximum atomic E-state index is 12.5. The topological polar surface area (TPSA) is 29.5 Å². The fraction of sp³-hybridized carbons (Fsp3) is 0.609. The number of hydrogen-bond acceptors (Lipinski definition) is 3. The minimum Gasteiger partial charge on any atom is -0.492 e. The van der Waals surface area contributed by atoms with Crippen molar-refractivity contribution in [1.29, 1.82) is 0 Å². The molecule has 3 aliphatic rings. The number of nitrogens with zero attached hydrogens (tertiary/aromatic N) is 1. The van der Waals surface area contributed by atoms with E-state index in [1.807, 2.05) is 0 Å². The molecule has 0 radical (unpaired) electrons. The van der Waals surface area contributed by atoms with Gasteiger partial charge in [0.05, 0.1) is 0 Å². The average molecular weight is 354 g/mol. The Hall–Kier alpha value is -1.61. The van der Waals surface area contributed by atoms with Crippen LogP contribution in [-0.2, 0) is 4.79 Å². The van der Waals surface area contributed by atoms with Gasteiger partial charge >= 0.3 is 0 Å². The first-order valence-electron chi connectivity index (χ1n) is 10.0. The minimum atomic E-state index is -0.0772. The number of rotatable bonds is 4. The number of ether oxygens (including phenoxy) is 1. The minimum absolute atomic E-state index is 0.0772. The Kier molecular flexibility index (Phi) is 4.46. The molecule has 3 aliphatic carbocycles. The molecular formula is C23H31NO2. The monoisotopic (exact) mass is 353 g/mol. The second kappa shape index (κ2) is 6.53. The van der Waals surface area contributed by atoms with Gasteiger partial charge in [0.25, 0.3) is 0 Å². The van der Waals surface area contributed by atoms with Gasteiger partial charge in [-0.15, -0.1) is 0 Å². The van der Waals surface area contributed by atoms with Crippen LogP contribution in [0.1, 0.15) is 55.2 Å². The number of likely N-dealkylation sites (N-methyl/N-ethyl adjacent to an activating group) is 1. The number of fused-ring (bicyclic) bond motifs is 5. The van der Waals surface area contributed by atoms with Gasteiger partial charge in [0.15, 0.2) is 0 Å². The number of Topliss-reactive ketones (excluding diaryl/α,β-unsaturated/α-hetero) is 1. The van der Waals surface area contributed by atoms with E-state index in [2.05, 4.69) is 57.1 Å². The predicted molar refractivity (Wildman–Crippen MR) is 106 cm³/mol. The third kappa shape index (κ3) is 2.81. The number of aryl methyl sites for hydroxylation is 1. The molecule has 0 aliphatic heterocycles. The molecule has 0 amide bonds. The molecule has 0 bridgehead atoms. The summed E-state index contributed by atoms with van der Waals surface area (Å²) in [5, 5.41) is 0. The maximum absolute atomic E-state index is 12.5. The smallest absolute Gasteiger partial charge is 0.139 e. The molecule has 2 saturated carbocycles. The van der Waals surface area contributed by atoms with Gasteiger partial charge in [-0.25, -0.2) is 0 Å². The summed E-state index contributed by atoms with van der Waals surface area (Å²) in [4.78, 5) is 14.6. The van der Waals surface area contributed by atoms with Gasteiger partial charge in [-0.2, -0.15) is 0 Å². The molecule has 4 atom stereocenters. The Labute approximate surface area is 157 Å². The molecule has 2 fully saturated rings. The number of benzene rings is 1. The van der Waals surface area contributed by atoms with Crippen LogP contribution in [0.15, 0.2) is 18.2 Å². The quantitative estimate of drug-likeness (QED) is 0.801. The summed E-state index contributed by atoms with van der Waals surface area (Å²) in [6, 6.07) is 4.41. The summed E-state index contributed by atoms with van der Waals surface area (Å²) in [5.74, 6) is 3.08. The maximum Gasteiger partial charge on any atom is 0.139 e. The van der Waals surface area contributed by atoms with E-state index < -0.39 is 0 Å². The summed E-state index contributed by atoms with van der Waals surface area (Å²) in [5.41, 5.74) is 4.08. The molecule has 0 aromatic heterocycles. The van der Waals surface area contributed by atoms with Crippen molar-refractivity contribution in [3.05, 3.63) is 34.9 Å². The van der Waals surface area contributed by atoms with Crippen LogP contribution in [0.4, 0.5) is 0 Å². The van der Waals surface area contributed by atoms with Crippen LogP contribution in [-0.4, -0.2) is 37.9 Å². The summed E-state index contributed by atoms with van der Waals surface area (Å²) in [7, 11) is 4.13. The first-order chi connectivity index (χ1) is 12.4. The van der Waals surface area contributed by atoms with E-state index in [9.17, 15) is 4.79 Å². The molecular weight excluding hydrogens is 322 g/mol. The van der Waals surface area contributed by atoms with Crippen molar-refractivity contribution >= 4 is 11.9 Å². The number of carbonyl (C=O) groups excluding carboxylic acids is 1. The highest BCUT2D eigenvalue weighted by Gasteiger charge is 2.53. The highest BCUT2D eigenvalue weighted by molar-refractivity contribution is 5.87. The Balaban J connectivity index is 1.60. The summed E-state index contributed by atoms with van der Waals surface area (Å²) >= 11 is 0. The summed E-state index contributed by atoms with van der Waals surface area (Å²) in [6.45, 7) is 6.08. The van der Waals surface area contributed by atoms with E-state index in [-0.39, 0.29) is 5.41 Å². The van der Waals surface area contributed by atoms with Crippen LogP contribution >= 0.6 is 0 Å². The SMILES string of the molecule is Cc1cc(OCCN(C)C)cc2c1C1CCC3(C)C(=O)CCC3C1C=C2. The van der Waals surface area contributed by atoms with E-state index in [0.29, 0.717) is 30.1 Å². The van der Waals surface area contributed by atoms with Gasteiger partial charge < -0.3 is 9.64 Å². The van der Waals surface area contributed by atoms with Crippen LogP contribution in [0, 0.1) is 24.2 Å². The third-order valence-electron chi connectivity index (χ3n) is 7.11. The van der Waals surface area contributed by atoms with Crippen molar-refractivity contribution in [1.82, 2.24) is 4.90 Å².